The zero-order chi connectivity index (χ0) is 17.7. The smallest absolute Gasteiger partial charge is 0.239 e. The molecule has 0 saturated carbocycles. The molecule has 2 aromatic carbocycles. The molecule has 1 N–H and O–H groups in total. The number of carbonyl (C=O) groups is 2. The quantitative estimate of drug-likeness (QED) is 0.849. The van der Waals surface area contributed by atoms with Crippen LogP contribution in [0.4, 0.5) is 0 Å². The highest BCUT2D eigenvalue weighted by molar-refractivity contribution is 5.96. The maximum Gasteiger partial charge on any atom is 0.239 e. The van der Waals surface area contributed by atoms with Gasteiger partial charge in [-0.2, -0.15) is 0 Å². The van der Waals surface area contributed by atoms with Crippen molar-refractivity contribution in [2.75, 3.05) is 32.7 Å². The van der Waals surface area contributed by atoms with Crippen molar-refractivity contribution in [2.24, 2.45) is 0 Å². The molecule has 0 spiro atoms. The summed E-state index contributed by atoms with van der Waals surface area (Å²) >= 11 is 0. The van der Waals surface area contributed by atoms with Gasteiger partial charge >= 0.3 is 0 Å². The Kier molecular flexibility index (Phi) is 3.57. The van der Waals surface area contributed by atoms with Gasteiger partial charge in [-0.1, -0.05) is 48.5 Å². The number of rotatable bonds is 1. The second-order valence-electron chi connectivity index (χ2n) is 7.23. The Hall–Kier alpha value is -2.66. The van der Waals surface area contributed by atoms with Gasteiger partial charge in [0.1, 0.15) is 6.04 Å². The summed E-state index contributed by atoms with van der Waals surface area (Å²) in [5.41, 5.74) is 4.45. The molecule has 2 fully saturated rings. The molecule has 132 valence electrons. The van der Waals surface area contributed by atoms with Gasteiger partial charge in [-0.25, -0.2) is 0 Å². The van der Waals surface area contributed by atoms with E-state index in [1.54, 1.807) is 0 Å². The van der Waals surface area contributed by atoms with Crippen molar-refractivity contribution in [3.05, 3.63) is 59.7 Å². The van der Waals surface area contributed by atoms with Crippen molar-refractivity contribution in [3.8, 4) is 11.1 Å². The summed E-state index contributed by atoms with van der Waals surface area (Å²) in [5.74, 6) is -0.109. The number of benzene rings is 2. The standard InChI is InChI=1S/C21H21N3O2/c25-20-18-13-24(12-11-23(18)10-9-22-20)21(26)19-16-7-3-1-5-14(16)15-6-2-4-8-17(15)19/h1-8,18-19H,9-13H2,(H,22,25)/t18-/m1/s1. The average Bonchev–Trinajstić information content (AvgIpc) is 3.02. The fraction of sp³-hybridized carbons (Fsp3) is 0.333. The summed E-state index contributed by atoms with van der Waals surface area (Å²) in [6.45, 7) is 3.50. The fourth-order valence-corrected chi connectivity index (χ4v) is 4.58. The van der Waals surface area contributed by atoms with E-state index in [9.17, 15) is 9.59 Å². The molecule has 0 unspecified atom stereocenters. The number of fused-ring (bicyclic) bond motifs is 4. The van der Waals surface area contributed by atoms with Crippen LogP contribution in [-0.2, 0) is 9.59 Å². The summed E-state index contributed by atoms with van der Waals surface area (Å²) in [6.07, 6.45) is 0. The van der Waals surface area contributed by atoms with Crippen molar-refractivity contribution >= 4 is 11.8 Å². The molecule has 0 aromatic heterocycles. The largest absolute Gasteiger partial charge is 0.353 e. The molecule has 5 heteroatoms. The van der Waals surface area contributed by atoms with Crippen LogP contribution in [0.2, 0.25) is 0 Å². The molecule has 2 amide bonds. The fourth-order valence-electron chi connectivity index (χ4n) is 4.58. The first-order chi connectivity index (χ1) is 12.7. The number of hydrogen-bond donors (Lipinski definition) is 1. The Morgan fingerprint density at radius 2 is 1.58 bits per heavy atom. The average molecular weight is 347 g/mol. The van der Waals surface area contributed by atoms with Crippen molar-refractivity contribution in [1.29, 1.82) is 0 Å². The molecular weight excluding hydrogens is 326 g/mol. The zero-order valence-corrected chi connectivity index (χ0v) is 14.5. The SMILES string of the molecule is O=C1NCCN2CCN(C(=O)C3c4ccccc4-c4ccccc43)C[C@H]12. The first-order valence-electron chi connectivity index (χ1n) is 9.23. The number of piperazine rings is 2. The van der Waals surface area contributed by atoms with E-state index in [0.717, 1.165) is 35.3 Å². The minimum Gasteiger partial charge on any atom is -0.353 e. The Balaban J connectivity index is 1.48. The third kappa shape index (κ3) is 2.27. The van der Waals surface area contributed by atoms with Gasteiger partial charge in [-0.3, -0.25) is 14.5 Å². The number of nitrogens with one attached hydrogen (secondary N) is 1. The molecular formula is C21H21N3O2. The molecule has 26 heavy (non-hydrogen) atoms. The summed E-state index contributed by atoms with van der Waals surface area (Å²) < 4.78 is 0. The highest BCUT2D eigenvalue weighted by Gasteiger charge is 2.41. The summed E-state index contributed by atoms with van der Waals surface area (Å²) in [4.78, 5) is 29.8. The minimum absolute atomic E-state index is 0.0426. The van der Waals surface area contributed by atoms with Crippen LogP contribution in [0.3, 0.4) is 0 Å². The van der Waals surface area contributed by atoms with Gasteiger partial charge in [-0.05, 0) is 22.3 Å². The van der Waals surface area contributed by atoms with Gasteiger partial charge in [0.25, 0.3) is 0 Å². The van der Waals surface area contributed by atoms with Crippen molar-refractivity contribution in [2.45, 2.75) is 12.0 Å². The van der Waals surface area contributed by atoms with Gasteiger partial charge in [0.05, 0.1) is 5.92 Å². The lowest BCUT2D eigenvalue weighted by atomic mass is 9.94. The molecule has 0 radical (unpaired) electrons. The third-order valence-electron chi connectivity index (χ3n) is 5.88. The lowest BCUT2D eigenvalue weighted by molar-refractivity contribution is -0.140. The first kappa shape index (κ1) is 15.6. The Labute approximate surface area is 152 Å². The van der Waals surface area contributed by atoms with Crippen LogP contribution in [0.1, 0.15) is 17.0 Å². The number of hydrogen-bond acceptors (Lipinski definition) is 3. The van der Waals surface area contributed by atoms with E-state index in [4.69, 9.17) is 0 Å². The minimum atomic E-state index is -0.263. The summed E-state index contributed by atoms with van der Waals surface area (Å²) in [5, 5.41) is 2.92. The molecule has 0 bridgehead atoms. The number of nitrogens with zero attached hydrogens (tertiary/aromatic N) is 2. The van der Waals surface area contributed by atoms with Crippen LogP contribution in [0.15, 0.2) is 48.5 Å². The van der Waals surface area contributed by atoms with Gasteiger partial charge in [0, 0.05) is 32.7 Å². The Bertz CT molecular complexity index is 849. The van der Waals surface area contributed by atoms with Crippen LogP contribution in [0.25, 0.3) is 11.1 Å². The monoisotopic (exact) mass is 347 g/mol. The lowest BCUT2D eigenvalue weighted by Gasteiger charge is -2.43. The zero-order valence-electron chi connectivity index (χ0n) is 14.5. The Morgan fingerprint density at radius 1 is 0.923 bits per heavy atom. The molecule has 2 saturated heterocycles. The second kappa shape index (κ2) is 5.95. The van der Waals surface area contributed by atoms with Gasteiger partial charge in [-0.15, -0.1) is 0 Å². The summed E-state index contributed by atoms with van der Waals surface area (Å²) in [6, 6.07) is 16.1. The molecule has 2 heterocycles. The molecule has 5 nitrogen and oxygen atoms in total. The predicted molar refractivity (Wildman–Crippen MR) is 98.7 cm³/mol. The van der Waals surface area contributed by atoms with E-state index in [1.165, 1.54) is 0 Å². The molecule has 3 aliphatic rings. The van der Waals surface area contributed by atoms with Crippen molar-refractivity contribution in [1.82, 2.24) is 15.1 Å². The van der Waals surface area contributed by atoms with E-state index in [-0.39, 0.29) is 23.8 Å². The second-order valence-corrected chi connectivity index (χ2v) is 7.23. The van der Waals surface area contributed by atoms with E-state index in [2.05, 4.69) is 34.5 Å². The molecule has 2 aliphatic heterocycles. The maximum absolute atomic E-state index is 13.5. The normalized spacial score (nSPS) is 22.4. The molecule has 1 atom stereocenters. The lowest BCUT2D eigenvalue weighted by Crippen LogP contribution is -2.64. The van der Waals surface area contributed by atoms with Crippen LogP contribution in [0, 0.1) is 0 Å². The van der Waals surface area contributed by atoms with Gasteiger partial charge in [0.2, 0.25) is 11.8 Å². The van der Waals surface area contributed by atoms with E-state index < -0.39 is 0 Å². The van der Waals surface area contributed by atoms with E-state index in [0.29, 0.717) is 19.6 Å². The summed E-state index contributed by atoms with van der Waals surface area (Å²) in [7, 11) is 0. The highest BCUT2D eigenvalue weighted by atomic mass is 16.2. The number of carbonyl (C=O) groups excluding carboxylic acids is 2. The van der Waals surface area contributed by atoms with Crippen molar-refractivity contribution < 1.29 is 9.59 Å². The van der Waals surface area contributed by atoms with Crippen LogP contribution >= 0.6 is 0 Å². The van der Waals surface area contributed by atoms with Gasteiger partial charge in [0.15, 0.2) is 0 Å². The third-order valence-corrected chi connectivity index (χ3v) is 5.88. The van der Waals surface area contributed by atoms with Gasteiger partial charge < -0.3 is 10.2 Å². The topological polar surface area (TPSA) is 52.7 Å². The molecule has 5 rings (SSSR count). The van der Waals surface area contributed by atoms with E-state index >= 15 is 0 Å². The van der Waals surface area contributed by atoms with Crippen LogP contribution < -0.4 is 5.32 Å². The van der Waals surface area contributed by atoms with Crippen LogP contribution in [-0.4, -0.2) is 60.4 Å². The van der Waals surface area contributed by atoms with Crippen molar-refractivity contribution in [3.63, 3.8) is 0 Å². The molecule has 1 aliphatic carbocycles. The Morgan fingerprint density at radius 3 is 2.27 bits per heavy atom. The predicted octanol–water partition coefficient (Wildman–Crippen LogP) is 1.44. The van der Waals surface area contributed by atoms with Crippen LogP contribution in [0.5, 0.6) is 0 Å². The number of amides is 2. The van der Waals surface area contributed by atoms with E-state index in [1.807, 2.05) is 29.2 Å². The first-order valence-corrected chi connectivity index (χ1v) is 9.23. The molecule has 2 aromatic rings. The maximum atomic E-state index is 13.5. The highest BCUT2D eigenvalue weighted by Crippen LogP contribution is 2.45.